The molecule has 0 saturated heterocycles. The largest absolute Gasteiger partial charge is 0.496 e. The smallest absolute Gasteiger partial charge is 0.402 e. The number of nitrogens with zero attached hydrogens (tertiary/aromatic N) is 1. The zero-order valence-corrected chi connectivity index (χ0v) is 11.6. The lowest BCUT2D eigenvalue weighted by Gasteiger charge is -2.21. The molecule has 3 N–H and O–H groups in total. The minimum Gasteiger partial charge on any atom is -0.496 e. The minimum atomic E-state index is -1.33. The van der Waals surface area contributed by atoms with Crippen LogP contribution in [0, 0.1) is 15.9 Å². The molecular formula is C12H17FN2O5. The standard InChI is InChI=1S/C11H14FNO3.CH3NO2/c1-11(2,3)7-5-9(13(14)15)8(12)6-10(7)16-4;2-1(3)4/h5-6H,1-4H3;2H2,(H,3,4). The number of benzene rings is 1. The number of nitrogens with two attached hydrogens (primary N) is 1. The van der Waals surface area contributed by atoms with Crippen molar-refractivity contribution in [1.29, 1.82) is 0 Å². The van der Waals surface area contributed by atoms with Gasteiger partial charge in [-0.1, -0.05) is 20.8 Å². The molecule has 0 fully saturated rings. The molecule has 0 aliphatic rings. The summed E-state index contributed by atoms with van der Waals surface area (Å²) in [6, 6.07) is 2.28. The molecule has 1 rings (SSSR count). The zero-order chi connectivity index (χ0) is 16.1. The van der Waals surface area contributed by atoms with E-state index in [-0.39, 0.29) is 5.41 Å². The fourth-order valence-corrected chi connectivity index (χ4v) is 1.44. The Balaban J connectivity index is 0.000000796. The summed E-state index contributed by atoms with van der Waals surface area (Å²) in [6.45, 7) is 5.64. The fraction of sp³-hybridized carbons (Fsp3) is 0.417. The van der Waals surface area contributed by atoms with E-state index in [2.05, 4.69) is 5.73 Å². The van der Waals surface area contributed by atoms with Gasteiger partial charge in [-0.25, -0.2) is 4.79 Å². The van der Waals surface area contributed by atoms with Gasteiger partial charge in [-0.15, -0.1) is 0 Å². The van der Waals surface area contributed by atoms with Gasteiger partial charge in [0.05, 0.1) is 12.0 Å². The van der Waals surface area contributed by atoms with Gasteiger partial charge in [0.1, 0.15) is 5.75 Å². The maximum absolute atomic E-state index is 13.3. The van der Waals surface area contributed by atoms with Crippen LogP contribution in [0.5, 0.6) is 5.75 Å². The number of carbonyl (C=O) groups is 1. The Morgan fingerprint density at radius 2 is 1.90 bits per heavy atom. The number of hydrogen-bond donors (Lipinski definition) is 2. The Kier molecular flexibility index (Phi) is 5.89. The molecule has 0 saturated carbocycles. The highest BCUT2D eigenvalue weighted by atomic mass is 19.1. The first kappa shape index (κ1) is 17.6. The third-order valence-corrected chi connectivity index (χ3v) is 2.27. The predicted octanol–water partition coefficient (Wildman–Crippen LogP) is 2.66. The van der Waals surface area contributed by atoms with Crippen molar-refractivity contribution in [3.8, 4) is 5.75 Å². The minimum absolute atomic E-state index is 0.329. The molecule has 1 aromatic carbocycles. The Labute approximate surface area is 115 Å². The summed E-state index contributed by atoms with van der Waals surface area (Å²) in [5.74, 6) is -0.551. The Morgan fingerprint density at radius 1 is 1.45 bits per heavy atom. The first-order chi connectivity index (χ1) is 9.00. The van der Waals surface area contributed by atoms with Crippen LogP contribution < -0.4 is 10.5 Å². The monoisotopic (exact) mass is 288 g/mol. The second-order valence-corrected chi connectivity index (χ2v) is 4.85. The van der Waals surface area contributed by atoms with Crippen LogP contribution >= 0.6 is 0 Å². The molecule has 0 aliphatic carbocycles. The maximum atomic E-state index is 13.3. The van der Waals surface area contributed by atoms with E-state index in [4.69, 9.17) is 14.6 Å². The average Bonchev–Trinajstić information content (AvgIpc) is 2.25. The SMILES string of the molecule is COc1cc(F)c([N+](=O)[O-])cc1C(C)(C)C.NC(=O)O. The number of hydrogen-bond acceptors (Lipinski definition) is 4. The van der Waals surface area contributed by atoms with Crippen molar-refractivity contribution in [2.75, 3.05) is 7.11 Å². The van der Waals surface area contributed by atoms with Crippen LogP contribution in [-0.4, -0.2) is 23.2 Å². The van der Waals surface area contributed by atoms with Gasteiger partial charge in [0.2, 0.25) is 5.82 Å². The van der Waals surface area contributed by atoms with Crippen LogP contribution in [0.2, 0.25) is 0 Å². The lowest BCUT2D eigenvalue weighted by atomic mass is 9.86. The van der Waals surface area contributed by atoms with E-state index in [1.54, 1.807) is 0 Å². The maximum Gasteiger partial charge on any atom is 0.402 e. The summed E-state index contributed by atoms with van der Waals surface area (Å²) in [5, 5.41) is 17.8. The number of methoxy groups -OCH3 is 1. The average molecular weight is 288 g/mol. The summed E-state index contributed by atoms with van der Waals surface area (Å²) in [6.07, 6.45) is -1.33. The van der Waals surface area contributed by atoms with Gasteiger partial charge in [0.15, 0.2) is 0 Å². The number of carboxylic acid groups (broad SMARTS) is 1. The third kappa shape index (κ3) is 5.09. The first-order valence-corrected chi connectivity index (χ1v) is 5.51. The summed E-state index contributed by atoms with van der Waals surface area (Å²) >= 11 is 0. The second-order valence-electron chi connectivity index (χ2n) is 4.85. The fourth-order valence-electron chi connectivity index (χ4n) is 1.44. The topological polar surface area (TPSA) is 116 Å². The number of nitro groups is 1. The molecule has 8 heteroatoms. The molecule has 1 aromatic rings. The van der Waals surface area contributed by atoms with Crippen LogP contribution in [0.4, 0.5) is 14.9 Å². The third-order valence-electron chi connectivity index (χ3n) is 2.27. The van der Waals surface area contributed by atoms with E-state index < -0.39 is 22.5 Å². The summed E-state index contributed by atoms with van der Waals surface area (Å²) < 4.78 is 18.4. The molecule has 0 spiro atoms. The van der Waals surface area contributed by atoms with Gasteiger partial charge in [-0.05, 0) is 5.41 Å². The van der Waals surface area contributed by atoms with Gasteiger partial charge in [0.25, 0.3) is 0 Å². The van der Waals surface area contributed by atoms with Crippen molar-refractivity contribution in [2.45, 2.75) is 26.2 Å². The number of ether oxygens (including phenoxy) is 1. The van der Waals surface area contributed by atoms with Crippen molar-refractivity contribution in [3.05, 3.63) is 33.6 Å². The van der Waals surface area contributed by atoms with Crippen molar-refractivity contribution in [1.82, 2.24) is 0 Å². The van der Waals surface area contributed by atoms with Gasteiger partial charge in [-0.2, -0.15) is 4.39 Å². The lowest BCUT2D eigenvalue weighted by molar-refractivity contribution is -0.387. The predicted molar refractivity (Wildman–Crippen MR) is 70.5 cm³/mol. The number of primary amides is 1. The quantitative estimate of drug-likeness (QED) is 0.641. The van der Waals surface area contributed by atoms with Gasteiger partial charge in [-0.3, -0.25) is 10.1 Å². The van der Waals surface area contributed by atoms with E-state index in [0.717, 1.165) is 6.07 Å². The van der Waals surface area contributed by atoms with E-state index in [9.17, 15) is 14.5 Å². The van der Waals surface area contributed by atoms with Crippen molar-refractivity contribution in [2.24, 2.45) is 5.73 Å². The van der Waals surface area contributed by atoms with Crippen LogP contribution in [0.3, 0.4) is 0 Å². The number of amides is 1. The van der Waals surface area contributed by atoms with Crippen LogP contribution in [-0.2, 0) is 5.41 Å². The Hall–Kier alpha value is -2.38. The molecule has 0 aromatic heterocycles. The molecule has 20 heavy (non-hydrogen) atoms. The van der Waals surface area contributed by atoms with Crippen molar-refractivity contribution >= 4 is 11.8 Å². The van der Waals surface area contributed by atoms with Crippen LogP contribution in [0.25, 0.3) is 0 Å². The molecule has 0 radical (unpaired) electrons. The molecule has 0 atom stereocenters. The molecule has 7 nitrogen and oxygen atoms in total. The summed E-state index contributed by atoms with van der Waals surface area (Å²) in [5.41, 5.74) is 3.78. The highest BCUT2D eigenvalue weighted by Gasteiger charge is 2.25. The lowest BCUT2D eigenvalue weighted by Crippen LogP contribution is -2.13. The van der Waals surface area contributed by atoms with E-state index in [1.165, 1.54) is 13.2 Å². The Morgan fingerprint density at radius 3 is 2.20 bits per heavy atom. The molecule has 0 bridgehead atoms. The second kappa shape index (κ2) is 6.69. The Bertz CT molecular complexity index is 507. The highest BCUT2D eigenvalue weighted by molar-refractivity contribution is 5.61. The molecule has 112 valence electrons. The number of halogens is 1. The van der Waals surface area contributed by atoms with E-state index >= 15 is 0 Å². The van der Waals surface area contributed by atoms with Gasteiger partial charge >= 0.3 is 11.8 Å². The van der Waals surface area contributed by atoms with Gasteiger partial charge in [0, 0.05) is 17.7 Å². The highest BCUT2D eigenvalue weighted by Crippen LogP contribution is 2.35. The summed E-state index contributed by atoms with van der Waals surface area (Å²) in [4.78, 5) is 18.7. The number of rotatable bonds is 2. The molecule has 1 amide bonds. The molecule has 0 aliphatic heterocycles. The van der Waals surface area contributed by atoms with E-state index in [0.29, 0.717) is 11.3 Å². The van der Waals surface area contributed by atoms with Crippen molar-refractivity contribution < 1.29 is 24.0 Å². The zero-order valence-electron chi connectivity index (χ0n) is 11.6. The van der Waals surface area contributed by atoms with Crippen LogP contribution in [0.15, 0.2) is 12.1 Å². The summed E-state index contributed by atoms with van der Waals surface area (Å²) in [7, 11) is 1.41. The normalized spacial score (nSPS) is 10.2. The van der Waals surface area contributed by atoms with Crippen molar-refractivity contribution in [3.63, 3.8) is 0 Å². The number of nitro benzene ring substituents is 1. The van der Waals surface area contributed by atoms with Crippen LogP contribution in [0.1, 0.15) is 26.3 Å². The molecular weight excluding hydrogens is 271 g/mol. The van der Waals surface area contributed by atoms with E-state index in [1.807, 2.05) is 20.8 Å². The molecule has 0 heterocycles. The van der Waals surface area contributed by atoms with Gasteiger partial charge < -0.3 is 15.6 Å². The first-order valence-electron chi connectivity index (χ1n) is 5.51. The molecule has 0 unspecified atom stereocenters.